The molecule has 4 nitrogen and oxygen atoms in total. The number of rotatable bonds is 24. The Kier molecular flexibility index (Phi) is 16.8. The van der Waals surface area contributed by atoms with Gasteiger partial charge in [0.15, 0.2) is 31.2 Å². The second-order valence-electron chi connectivity index (χ2n) is 14.6. The lowest BCUT2D eigenvalue weighted by Gasteiger charge is -2.35. The van der Waals surface area contributed by atoms with Gasteiger partial charge in [0.25, 0.3) is 0 Å². The molecule has 4 rings (SSSR count). The molecule has 280 valence electrons. The van der Waals surface area contributed by atoms with E-state index in [0.717, 1.165) is 97.8 Å². The fourth-order valence-electron chi connectivity index (χ4n) is 7.34. The van der Waals surface area contributed by atoms with Crippen LogP contribution in [0.5, 0.6) is 0 Å². The van der Waals surface area contributed by atoms with Crippen molar-refractivity contribution in [1.82, 2.24) is 0 Å². The van der Waals surface area contributed by atoms with Crippen molar-refractivity contribution in [2.24, 2.45) is 0 Å². The summed E-state index contributed by atoms with van der Waals surface area (Å²) in [5.74, 6) is 0.611. The van der Waals surface area contributed by atoms with Crippen molar-refractivity contribution in [3.63, 3.8) is 0 Å². The zero-order chi connectivity index (χ0) is 38.1. The van der Waals surface area contributed by atoms with Crippen LogP contribution < -0.4 is 20.7 Å². The zero-order valence-corrected chi connectivity index (χ0v) is 33.7. The number of benzene rings is 4. The fraction of sp³-hybridized carbons (Fsp3) is 0.417. The molecule has 0 atom stereocenters. The van der Waals surface area contributed by atoms with Gasteiger partial charge in [-0.2, -0.15) is 0 Å². The van der Waals surface area contributed by atoms with Gasteiger partial charge in [0, 0.05) is 47.9 Å². The molecule has 0 saturated carbocycles. The summed E-state index contributed by atoms with van der Waals surface area (Å²) >= 11 is 0. The van der Waals surface area contributed by atoms with E-state index >= 15 is 0 Å². The second kappa shape index (κ2) is 21.5. The van der Waals surface area contributed by atoms with E-state index in [-0.39, 0.29) is 23.1 Å². The molecule has 0 aliphatic carbocycles. The summed E-state index contributed by atoms with van der Waals surface area (Å²) in [6.07, 6.45) is 14.0. The van der Waals surface area contributed by atoms with Crippen LogP contribution in [-0.4, -0.2) is 31.2 Å². The van der Waals surface area contributed by atoms with Crippen LogP contribution in [0.25, 0.3) is 0 Å². The molecule has 0 aliphatic rings. The van der Waals surface area contributed by atoms with Gasteiger partial charge >= 0.3 is 0 Å². The number of Topliss-reactive ketones (excluding diaryl/α,β-unsaturated/α-hetero) is 4. The molecule has 0 amide bonds. The van der Waals surface area contributed by atoms with E-state index in [0.29, 0.717) is 47.9 Å². The van der Waals surface area contributed by atoms with Gasteiger partial charge in [-0.3, -0.25) is 19.2 Å². The fourth-order valence-corrected chi connectivity index (χ4v) is 12.0. The molecule has 0 saturated heterocycles. The van der Waals surface area contributed by atoms with Crippen LogP contribution in [0.3, 0.4) is 0 Å². The van der Waals surface area contributed by atoms with E-state index in [1.54, 1.807) is 0 Å². The Hall–Kier alpha value is -4.22. The van der Waals surface area contributed by atoms with E-state index in [2.05, 4.69) is 76.2 Å². The van der Waals surface area contributed by atoms with Crippen molar-refractivity contribution >= 4 is 52.0 Å². The van der Waals surface area contributed by atoms with Crippen LogP contribution >= 0.6 is 0 Å². The number of hydrogen-bond acceptors (Lipinski definition) is 4. The first-order chi connectivity index (χ1) is 25.8. The standard InChI is InChI=1S/C48H60O4Si/c1-5-9-13-17-45(49)37-21-29-41(30-22-37)53(42-31-23-38(24-32-42)46(50)18-14-10-6-2,43-33-25-39(26-34-43)47(51)19-15-11-7-3)44-35-27-40(28-36-44)48(52)20-16-12-8-4/h21-36H,5-20H2,1-4H3. The number of hydrogen-bond donors (Lipinski definition) is 0. The van der Waals surface area contributed by atoms with Gasteiger partial charge in [-0.15, -0.1) is 0 Å². The molecule has 0 spiro atoms. The van der Waals surface area contributed by atoms with E-state index in [1.165, 1.54) is 0 Å². The largest absolute Gasteiger partial charge is 0.294 e. The molecule has 4 aromatic carbocycles. The Morgan fingerprint density at radius 3 is 0.679 bits per heavy atom. The summed E-state index contributed by atoms with van der Waals surface area (Å²) in [5, 5.41) is 4.37. The summed E-state index contributed by atoms with van der Waals surface area (Å²) in [4.78, 5) is 52.8. The van der Waals surface area contributed by atoms with Gasteiger partial charge in [-0.1, -0.05) is 176 Å². The highest BCUT2D eigenvalue weighted by molar-refractivity contribution is 7.19. The smallest absolute Gasteiger partial charge is 0.179 e. The monoisotopic (exact) mass is 728 g/mol. The van der Waals surface area contributed by atoms with Crippen LogP contribution in [-0.2, 0) is 0 Å². The van der Waals surface area contributed by atoms with Gasteiger partial charge in [-0.25, -0.2) is 0 Å². The third-order valence-corrected chi connectivity index (χ3v) is 15.4. The molecule has 0 fully saturated rings. The molecule has 0 aliphatic heterocycles. The van der Waals surface area contributed by atoms with E-state index in [4.69, 9.17) is 0 Å². The average Bonchev–Trinajstić information content (AvgIpc) is 3.19. The molecular weight excluding hydrogens is 669 g/mol. The summed E-state index contributed by atoms with van der Waals surface area (Å²) in [5.41, 5.74) is 2.84. The second-order valence-corrected chi connectivity index (χ2v) is 18.4. The molecule has 0 unspecified atom stereocenters. The molecule has 4 aromatic rings. The summed E-state index contributed by atoms with van der Waals surface area (Å²) in [6.45, 7) is 8.56. The van der Waals surface area contributed by atoms with E-state index in [9.17, 15) is 19.2 Å². The number of unbranched alkanes of at least 4 members (excludes halogenated alkanes) is 8. The Labute approximate surface area is 319 Å². The van der Waals surface area contributed by atoms with Crippen molar-refractivity contribution in [2.45, 2.75) is 130 Å². The van der Waals surface area contributed by atoms with Gasteiger partial charge in [0.2, 0.25) is 0 Å². The lowest BCUT2D eigenvalue weighted by molar-refractivity contribution is 0.0971. The SMILES string of the molecule is CCCCCC(=O)c1ccc([Si](c2ccc(C(=O)CCCCC)cc2)(c2ccc(C(=O)CCCCC)cc2)c2ccc(C(=O)CCCCC)cc2)cc1. The minimum absolute atomic E-state index is 0.153. The third kappa shape index (κ3) is 10.9. The molecule has 5 heteroatoms. The van der Waals surface area contributed by atoms with Crippen LogP contribution in [0.1, 0.15) is 172 Å². The highest BCUT2D eigenvalue weighted by Gasteiger charge is 2.42. The summed E-state index contributed by atoms with van der Waals surface area (Å²) in [6, 6.07) is 32.6. The van der Waals surface area contributed by atoms with Crippen LogP contribution in [0.4, 0.5) is 0 Å². The number of carbonyl (C=O) groups is 4. The predicted molar refractivity (Wildman–Crippen MR) is 224 cm³/mol. The highest BCUT2D eigenvalue weighted by Crippen LogP contribution is 2.17. The first kappa shape index (κ1) is 41.5. The third-order valence-electron chi connectivity index (χ3n) is 10.6. The van der Waals surface area contributed by atoms with Crippen LogP contribution in [0, 0.1) is 0 Å². The van der Waals surface area contributed by atoms with Crippen LogP contribution in [0.2, 0.25) is 0 Å². The van der Waals surface area contributed by atoms with Crippen molar-refractivity contribution in [3.05, 3.63) is 119 Å². The van der Waals surface area contributed by atoms with Gasteiger partial charge < -0.3 is 0 Å². The van der Waals surface area contributed by atoms with Gasteiger partial charge in [0.1, 0.15) is 0 Å². The molecule has 0 heterocycles. The van der Waals surface area contributed by atoms with Crippen LogP contribution in [0.15, 0.2) is 97.1 Å². The molecule has 0 bridgehead atoms. The Bertz CT molecular complexity index is 1490. The maximum Gasteiger partial charge on any atom is 0.179 e. The van der Waals surface area contributed by atoms with Gasteiger partial charge in [-0.05, 0) is 46.4 Å². The van der Waals surface area contributed by atoms with Crippen molar-refractivity contribution in [3.8, 4) is 0 Å². The van der Waals surface area contributed by atoms with E-state index < -0.39 is 8.07 Å². The minimum Gasteiger partial charge on any atom is -0.294 e. The maximum absolute atomic E-state index is 13.2. The lowest BCUT2D eigenvalue weighted by atomic mass is 10.0. The topological polar surface area (TPSA) is 68.3 Å². The number of ketones is 4. The quantitative estimate of drug-likeness (QED) is 0.0312. The average molecular weight is 729 g/mol. The highest BCUT2D eigenvalue weighted by atomic mass is 28.3. The predicted octanol–water partition coefficient (Wildman–Crippen LogP) is 10.1. The Balaban J connectivity index is 1.89. The minimum atomic E-state index is -3.10. The maximum atomic E-state index is 13.2. The number of carbonyl (C=O) groups excluding carboxylic acids is 4. The summed E-state index contributed by atoms with van der Waals surface area (Å²) < 4.78 is 0. The first-order valence-corrected chi connectivity index (χ1v) is 22.3. The Morgan fingerprint density at radius 1 is 0.321 bits per heavy atom. The first-order valence-electron chi connectivity index (χ1n) is 20.3. The normalized spacial score (nSPS) is 11.4. The van der Waals surface area contributed by atoms with Crippen molar-refractivity contribution in [2.75, 3.05) is 0 Å². The molecule has 53 heavy (non-hydrogen) atoms. The molecule has 0 radical (unpaired) electrons. The summed E-state index contributed by atoms with van der Waals surface area (Å²) in [7, 11) is -3.10. The lowest BCUT2D eigenvalue weighted by Crippen LogP contribution is -2.74. The Morgan fingerprint density at radius 2 is 0.509 bits per heavy atom. The molecule has 0 aromatic heterocycles. The zero-order valence-electron chi connectivity index (χ0n) is 32.7. The van der Waals surface area contributed by atoms with Crippen molar-refractivity contribution < 1.29 is 19.2 Å². The van der Waals surface area contributed by atoms with Crippen molar-refractivity contribution in [1.29, 1.82) is 0 Å². The molecule has 0 N–H and O–H groups in total. The van der Waals surface area contributed by atoms with E-state index in [1.807, 2.05) is 48.5 Å². The molecular formula is C48H60O4Si. The van der Waals surface area contributed by atoms with Gasteiger partial charge in [0.05, 0.1) is 0 Å².